The van der Waals surface area contributed by atoms with Gasteiger partial charge in [-0.15, -0.1) is 0 Å². The van der Waals surface area contributed by atoms with E-state index in [4.69, 9.17) is 0 Å². The monoisotopic (exact) mass is 337 g/mol. The van der Waals surface area contributed by atoms with Gasteiger partial charge in [0.2, 0.25) is 0 Å². The van der Waals surface area contributed by atoms with Crippen molar-refractivity contribution in [2.45, 2.75) is 6.92 Å². The maximum Gasteiger partial charge on any atom is 0.0386 e. The number of hydrogen-bond donors (Lipinski definition) is 1. The maximum absolute atomic E-state index is 3.34. The number of benzene rings is 4. The van der Waals surface area contributed by atoms with E-state index in [-0.39, 0.29) is 0 Å². The molecular weight excluding hydrogens is 314 g/mol. The van der Waals surface area contributed by atoms with Gasteiger partial charge in [-0.3, -0.25) is 0 Å². The molecule has 0 aliphatic rings. The molecule has 26 heavy (non-hydrogen) atoms. The normalized spacial score (nSPS) is 9.73. The molecule has 4 aromatic carbocycles. The smallest absolute Gasteiger partial charge is 0.0386 e. The highest BCUT2D eigenvalue weighted by Crippen LogP contribution is 2.17. The van der Waals surface area contributed by atoms with Gasteiger partial charge < -0.3 is 5.32 Å². The lowest BCUT2D eigenvalue weighted by atomic mass is 10.1. The second-order valence-corrected chi connectivity index (χ2v) is 6.09. The Balaban J connectivity index is 0.000000152. The molecule has 0 heterocycles. The summed E-state index contributed by atoms with van der Waals surface area (Å²) in [5.41, 5.74) is 6.08. The van der Waals surface area contributed by atoms with Crippen LogP contribution in [0.15, 0.2) is 115 Å². The SMILES string of the molecule is Cc1cccc(Nc2ccccc2)c1.c1ccc(-c2ccccc2)cc1. The zero-order valence-electron chi connectivity index (χ0n) is 15.0. The van der Waals surface area contributed by atoms with Crippen molar-refractivity contribution in [2.24, 2.45) is 0 Å². The van der Waals surface area contributed by atoms with Crippen molar-refractivity contribution in [1.82, 2.24) is 0 Å². The third-order valence-corrected chi connectivity index (χ3v) is 3.96. The molecule has 0 bridgehead atoms. The summed E-state index contributed by atoms with van der Waals surface area (Å²) in [7, 11) is 0. The molecule has 128 valence electrons. The van der Waals surface area contributed by atoms with E-state index in [1.54, 1.807) is 0 Å². The Hall–Kier alpha value is -3.32. The highest BCUT2D eigenvalue weighted by Gasteiger charge is 1.93. The molecule has 4 rings (SSSR count). The third-order valence-electron chi connectivity index (χ3n) is 3.96. The van der Waals surface area contributed by atoms with Crippen molar-refractivity contribution in [3.05, 3.63) is 121 Å². The molecule has 0 radical (unpaired) electrons. The molecule has 0 aliphatic heterocycles. The Bertz CT molecular complexity index is 863. The predicted molar refractivity (Wildman–Crippen MR) is 113 cm³/mol. The molecule has 1 nitrogen and oxygen atoms in total. The Morgan fingerprint density at radius 1 is 0.462 bits per heavy atom. The maximum atomic E-state index is 3.34. The van der Waals surface area contributed by atoms with Crippen molar-refractivity contribution in [2.75, 3.05) is 5.32 Å². The summed E-state index contributed by atoms with van der Waals surface area (Å²) in [6, 6.07) is 39.3. The van der Waals surface area contributed by atoms with Gasteiger partial charge in [-0.25, -0.2) is 0 Å². The molecule has 0 unspecified atom stereocenters. The van der Waals surface area contributed by atoms with Crippen molar-refractivity contribution >= 4 is 11.4 Å². The fraction of sp³-hybridized carbons (Fsp3) is 0.0400. The first kappa shape index (κ1) is 17.5. The van der Waals surface area contributed by atoms with E-state index in [0.29, 0.717) is 0 Å². The van der Waals surface area contributed by atoms with Crippen LogP contribution >= 0.6 is 0 Å². The number of para-hydroxylation sites is 1. The molecule has 0 amide bonds. The summed E-state index contributed by atoms with van der Waals surface area (Å²) in [6.07, 6.45) is 0. The van der Waals surface area contributed by atoms with E-state index in [0.717, 1.165) is 11.4 Å². The van der Waals surface area contributed by atoms with Crippen LogP contribution in [0.25, 0.3) is 11.1 Å². The zero-order chi connectivity index (χ0) is 18.0. The molecule has 1 N–H and O–H groups in total. The summed E-state index contributed by atoms with van der Waals surface area (Å²) >= 11 is 0. The third kappa shape index (κ3) is 5.35. The van der Waals surface area contributed by atoms with Crippen molar-refractivity contribution in [1.29, 1.82) is 0 Å². The Kier molecular flexibility index (Phi) is 6.22. The lowest BCUT2D eigenvalue weighted by molar-refractivity contribution is 1.45. The van der Waals surface area contributed by atoms with Crippen LogP contribution in [0.1, 0.15) is 5.56 Å². The van der Waals surface area contributed by atoms with Gasteiger partial charge in [0, 0.05) is 11.4 Å². The van der Waals surface area contributed by atoms with Gasteiger partial charge in [-0.1, -0.05) is 91.0 Å². The van der Waals surface area contributed by atoms with E-state index in [2.05, 4.69) is 97.2 Å². The van der Waals surface area contributed by atoms with Gasteiger partial charge in [0.25, 0.3) is 0 Å². The molecule has 4 aromatic rings. The van der Waals surface area contributed by atoms with Crippen molar-refractivity contribution in [3.63, 3.8) is 0 Å². The summed E-state index contributed by atoms with van der Waals surface area (Å²) < 4.78 is 0. The van der Waals surface area contributed by atoms with Crippen LogP contribution < -0.4 is 5.32 Å². The molecule has 0 spiro atoms. The summed E-state index contributed by atoms with van der Waals surface area (Å²) in [6.45, 7) is 2.09. The molecule has 1 heteroatoms. The summed E-state index contributed by atoms with van der Waals surface area (Å²) in [4.78, 5) is 0. The van der Waals surface area contributed by atoms with Crippen LogP contribution in [0, 0.1) is 6.92 Å². The molecule has 0 aliphatic carbocycles. The number of nitrogens with one attached hydrogen (secondary N) is 1. The number of hydrogen-bond acceptors (Lipinski definition) is 1. The van der Waals surface area contributed by atoms with Crippen LogP contribution in [0.4, 0.5) is 11.4 Å². The van der Waals surface area contributed by atoms with Crippen molar-refractivity contribution in [3.8, 4) is 11.1 Å². The minimum absolute atomic E-state index is 1.12. The largest absolute Gasteiger partial charge is 0.356 e. The van der Waals surface area contributed by atoms with E-state index in [1.807, 2.05) is 30.3 Å². The molecule has 0 saturated carbocycles. The molecule has 0 atom stereocenters. The van der Waals surface area contributed by atoms with Gasteiger partial charge in [-0.2, -0.15) is 0 Å². The Morgan fingerprint density at radius 3 is 1.42 bits per heavy atom. The van der Waals surface area contributed by atoms with Gasteiger partial charge in [0.1, 0.15) is 0 Å². The molecular formula is C25H23N. The summed E-state index contributed by atoms with van der Waals surface area (Å²) in [5.74, 6) is 0. The topological polar surface area (TPSA) is 12.0 Å². The number of aryl methyl sites for hydroxylation is 1. The lowest BCUT2D eigenvalue weighted by Crippen LogP contribution is -1.89. The summed E-state index contributed by atoms with van der Waals surface area (Å²) in [5, 5.41) is 3.34. The minimum atomic E-state index is 1.12. The van der Waals surface area contributed by atoms with E-state index in [9.17, 15) is 0 Å². The minimum Gasteiger partial charge on any atom is -0.356 e. The van der Waals surface area contributed by atoms with E-state index < -0.39 is 0 Å². The number of anilines is 2. The first-order valence-corrected chi connectivity index (χ1v) is 8.80. The van der Waals surface area contributed by atoms with Gasteiger partial charge in [-0.05, 0) is 47.9 Å². The van der Waals surface area contributed by atoms with Crippen LogP contribution in [0.2, 0.25) is 0 Å². The van der Waals surface area contributed by atoms with Gasteiger partial charge in [0.05, 0.1) is 0 Å². The average molecular weight is 337 g/mol. The predicted octanol–water partition coefficient (Wildman–Crippen LogP) is 7.09. The second kappa shape index (κ2) is 9.24. The van der Waals surface area contributed by atoms with Crippen LogP contribution in [-0.2, 0) is 0 Å². The quantitative estimate of drug-likeness (QED) is 0.420. The highest BCUT2D eigenvalue weighted by molar-refractivity contribution is 5.62. The highest BCUT2D eigenvalue weighted by atomic mass is 14.9. The fourth-order valence-corrected chi connectivity index (χ4v) is 2.67. The fourth-order valence-electron chi connectivity index (χ4n) is 2.67. The number of rotatable bonds is 3. The van der Waals surface area contributed by atoms with E-state index >= 15 is 0 Å². The van der Waals surface area contributed by atoms with Crippen LogP contribution in [-0.4, -0.2) is 0 Å². The van der Waals surface area contributed by atoms with E-state index in [1.165, 1.54) is 16.7 Å². The molecule has 0 aromatic heterocycles. The van der Waals surface area contributed by atoms with Crippen LogP contribution in [0.3, 0.4) is 0 Å². The van der Waals surface area contributed by atoms with Crippen LogP contribution in [0.5, 0.6) is 0 Å². The molecule has 0 fully saturated rings. The Labute approximate surface area is 156 Å². The van der Waals surface area contributed by atoms with Gasteiger partial charge >= 0.3 is 0 Å². The Morgan fingerprint density at radius 2 is 0.923 bits per heavy atom. The standard InChI is InChI=1S/C13H13N.C12H10/c1-11-6-5-9-13(10-11)14-12-7-3-2-4-8-12;1-3-7-11(8-4-1)12-9-5-2-6-10-12/h2-10,14H,1H3;1-10H. The lowest BCUT2D eigenvalue weighted by Gasteiger charge is -2.06. The first-order valence-electron chi connectivity index (χ1n) is 8.80. The average Bonchev–Trinajstić information content (AvgIpc) is 2.71. The second-order valence-electron chi connectivity index (χ2n) is 6.09. The zero-order valence-corrected chi connectivity index (χ0v) is 15.0. The van der Waals surface area contributed by atoms with Gasteiger partial charge in [0.15, 0.2) is 0 Å². The van der Waals surface area contributed by atoms with Crippen molar-refractivity contribution < 1.29 is 0 Å². The molecule has 0 saturated heterocycles. The first-order chi connectivity index (χ1) is 12.8.